The number of hydrogen-bond donors (Lipinski definition) is 1. The highest BCUT2D eigenvalue weighted by molar-refractivity contribution is 7.88. The summed E-state index contributed by atoms with van der Waals surface area (Å²) in [5.41, 5.74) is 0. The number of nitrogens with zero attached hydrogens (tertiary/aromatic N) is 1. The molecule has 1 aliphatic rings. The Morgan fingerprint density at radius 3 is 2.46 bits per heavy atom. The van der Waals surface area contributed by atoms with Gasteiger partial charge in [0.15, 0.2) is 0 Å². The highest BCUT2D eigenvalue weighted by atomic mass is 32.2. The molecule has 2 N–H and O–H groups in total. The van der Waals surface area contributed by atoms with Gasteiger partial charge in [-0.3, -0.25) is 0 Å². The fourth-order valence-electron chi connectivity index (χ4n) is 1.41. The maximum absolute atomic E-state index is 10.5. The summed E-state index contributed by atoms with van der Waals surface area (Å²) in [7, 11) is -3.52. The van der Waals surface area contributed by atoms with E-state index in [1.165, 1.54) is 0 Å². The second kappa shape index (κ2) is 4.90. The van der Waals surface area contributed by atoms with Gasteiger partial charge in [-0.2, -0.15) is 0 Å². The van der Waals surface area contributed by atoms with Crippen LogP contribution in [0.1, 0.15) is 6.42 Å². The van der Waals surface area contributed by atoms with E-state index in [1.54, 1.807) is 0 Å². The molecule has 0 unspecified atom stereocenters. The molecule has 0 amide bonds. The molecule has 5 nitrogen and oxygen atoms in total. The third-order valence-electron chi connectivity index (χ3n) is 2.10. The first kappa shape index (κ1) is 10.9. The lowest BCUT2D eigenvalue weighted by Gasteiger charge is -2.26. The highest BCUT2D eigenvalue weighted by Crippen LogP contribution is 1.95. The first-order chi connectivity index (χ1) is 6.08. The third kappa shape index (κ3) is 5.20. The van der Waals surface area contributed by atoms with Crippen LogP contribution in [0, 0.1) is 0 Å². The molecule has 1 saturated heterocycles. The van der Waals surface area contributed by atoms with E-state index in [-0.39, 0.29) is 5.75 Å². The first-order valence-electron chi connectivity index (χ1n) is 4.48. The van der Waals surface area contributed by atoms with Crippen LogP contribution in [-0.4, -0.2) is 51.8 Å². The SMILES string of the molecule is [NH]S(=O)(=O)CCCN1CCNCC1. The minimum absolute atomic E-state index is 0.0169. The molecule has 0 aromatic carbocycles. The highest BCUT2D eigenvalue weighted by Gasteiger charge is 2.10. The monoisotopic (exact) mass is 206 g/mol. The summed E-state index contributed by atoms with van der Waals surface area (Å²) < 4.78 is 21.0. The zero-order valence-corrected chi connectivity index (χ0v) is 8.44. The van der Waals surface area contributed by atoms with Gasteiger partial charge < -0.3 is 10.2 Å². The molecule has 0 aromatic rings. The van der Waals surface area contributed by atoms with Crippen molar-refractivity contribution in [2.45, 2.75) is 6.42 Å². The summed E-state index contributed by atoms with van der Waals surface area (Å²) in [5.74, 6) is -0.0169. The van der Waals surface area contributed by atoms with Crippen molar-refractivity contribution in [1.82, 2.24) is 15.4 Å². The second-order valence-electron chi connectivity index (χ2n) is 3.26. The molecule has 1 fully saturated rings. The Balaban J connectivity index is 2.11. The maximum Gasteiger partial charge on any atom is 0.225 e. The second-order valence-corrected chi connectivity index (χ2v) is 4.90. The fourth-order valence-corrected chi connectivity index (χ4v) is 1.92. The van der Waals surface area contributed by atoms with E-state index in [1.807, 2.05) is 0 Å². The Morgan fingerprint density at radius 1 is 1.31 bits per heavy atom. The minimum atomic E-state index is -3.52. The van der Waals surface area contributed by atoms with Crippen LogP contribution < -0.4 is 10.5 Å². The lowest BCUT2D eigenvalue weighted by Crippen LogP contribution is -2.44. The molecule has 13 heavy (non-hydrogen) atoms. The van der Waals surface area contributed by atoms with Gasteiger partial charge in [-0.1, -0.05) is 0 Å². The normalized spacial score (nSPS) is 20.4. The van der Waals surface area contributed by atoms with Gasteiger partial charge in [0.25, 0.3) is 0 Å². The number of rotatable bonds is 4. The van der Waals surface area contributed by atoms with Crippen molar-refractivity contribution in [3.63, 3.8) is 0 Å². The molecule has 0 aromatic heterocycles. The quantitative estimate of drug-likeness (QED) is 0.633. The van der Waals surface area contributed by atoms with Crippen molar-refractivity contribution >= 4 is 10.0 Å². The van der Waals surface area contributed by atoms with Crippen molar-refractivity contribution in [2.75, 3.05) is 38.5 Å². The van der Waals surface area contributed by atoms with Crippen LogP contribution in [0.2, 0.25) is 0 Å². The molecule has 1 rings (SSSR count). The molecule has 0 atom stereocenters. The van der Waals surface area contributed by atoms with Gasteiger partial charge in [-0.05, 0) is 13.0 Å². The van der Waals surface area contributed by atoms with Crippen LogP contribution in [0.15, 0.2) is 0 Å². The summed E-state index contributed by atoms with van der Waals surface area (Å²) >= 11 is 0. The number of hydrogen-bond acceptors (Lipinski definition) is 4. The largest absolute Gasteiger partial charge is 0.314 e. The molecule has 0 spiro atoms. The maximum atomic E-state index is 10.5. The molecule has 1 heterocycles. The minimum Gasteiger partial charge on any atom is -0.314 e. The van der Waals surface area contributed by atoms with Crippen molar-refractivity contribution in [3.05, 3.63) is 0 Å². The Labute approximate surface area is 79.3 Å². The smallest absolute Gasteiger partial charge is 0.225 e. The Morgan fingerprint density at radius 2 is 1.92 bits per heavy atom. The van der Waals surface area contributed by atoms with E-state index < -0.39 is 10.0 Å². The van der Waals surface area contributed by atoms with Crippen LogP contribution >= 0.6 is 0 Å². The van der Waals surface area contributed by atoms with Crippen LogP contribution in [0.4, 0.5) is 0 Å². The van der Waals surface area contributed by atoms with Gasteiger partial charge >= 0.3 is 0 Å². The fraction of sp³-hybridized carbons (Fsp3) is 1.00. The van der Waals surface area contributed by atoms with Gasteiger partial charge in [0.1, 0.15) is 0 Å². The summed E-state index contributed by atoms with van der Waals surface area (Å²) in [6.07, 6.45) is 0.575. The van der Waals surface area contributed by atoms with Crippen molar-refractivity contribution < 1.29 is 8.42 Å². The summed E-state index contributed by atoms with van der Waals surface area (Å²) in [4.78, 5) is 2.22. The van der Waals surface area contributed by atoms with Gasteiger partial charge in [0.05, 0.1) is 5.75 Å². The molecular formula is C7H16N3O2S. The van der Waals surface area contributed by atoms with Crippen LogP contribution in [0.3, 0.4) is 0 Å². The Bertz CT molecular complexity index is 234. The van der Waals surface area contributed by atoms with Gasteiger partial charge in [-0.15, -0.1) is 5.14 Å². The zero-order chi connectivity index (χ0) is 9.73. The van der Waals surface area contributed by atoms with Crippen molar-refractivity contribution in [2.24, 2.45) is 0 Å². The molecule has 77 valence electrons. The number of piperazine rings is 1. The lowest BCUT2D eigenvalue weighted by atomic mass is 10.3. The first-order valence-corrected chi connectivity index (χ1v) is 6.13. The topological polar surface area (TPSA) is 73.2 Å². The summed E-state index contributed by atoms with van der Waals surface area (Å²) in [5, 5.41) is 9.91. The molecule has 0 bridgehead atoms. The van der Waals surface area contributed by atoms with E-state index >= 15 is 0 Å². The molecule has 1 aliphatic heterocycles. The van der Waals surface area contributed by atoms with Crippen LogP contribution in [0.25, 0.3) is 0 Å². The van der Waals surface area contributed by atoms with Crippen LogP contribution in [-0.2, 0) is 10.0 Å². The molecule has 0 aliphatic carbocycles. The van der Waals surface area contributed by atoms with E-state index in [2.05, 4.69) is 10.2 Å². The number of sulfonamides is 1. The van der Waals surface area contributed by atoms with Crippen LogP contribution in [0.5, 0.6) is 0 Å². The standard InChI is InChI=1S/C7H16N3O2S/c8-13(11,12)7-1-4-10-5-2-9-3-6-10/h8-9H,1-7H2. The average molecular weight is 206 g/mol. The predicted octanol–water partition coefficient (Wildman–Crippen LogP) is -1.11. The van der Waals surface area contributed by atoms with Gasteiger partial charge in [0.2, 0.25) is 10.0 Å². The average Bonchev–Trinajstić information content (AvgIpc) is 2.04. The zero-order valence-electron chi connectivity index (χ0n) is 7.62. The van der Waals surface area contributed by atoms with E-state index in [0.29, 0.717) is 6.42 Å². The van der Waals surface area contributed by atoms with Gasteiger partial charge in [-0.25, -0.2) is 8.42 Å². The van der Waals surface area contributed by atoms with Crippen molar-refractivity contribution in [3.8, 4) is 0 Å². The summed E-state index contributed by atoms with van der Waals surface area (Å²) in [6.45, 7) is 4.72. The van der Waals surface area contributed by atoms with E-state index in [4.69, 9.17) is 5.14 Å². The van der Waals surface area contributed by atoms with E-state index in [9.17, 15) is 8.42 Å². The Hall–Kier alpha value is -0.170. The molecule has 0 saturated carbocycles. The molecule has 6 heteroatoms. The van der Waals surface area contributed by atoms with Gasteiger partial charge in [0, 0.05) is 26.2 Å². The number of nitrogens with one attached hydrogen (secondary N) is 2. The third-order valence-corrected chi connectivity index (χ3v) is 2.92. The van der Waals surface area contributed by atoms with Crippen molar-refractivity contribution in [1.29, 1.82) is 0 Å². The van der Waals surface area contributed by atoms with E-state index in [0.717, 1.165) is 32.7 Å². The Kier molecular flexibility index (Phi) is 4.11. The predicted molar refractivity (Wildman–Crippen MR) is 50.8 cm³/mol. The molecular weight excluding hydrogens is 190 g/mol. The summed E-state index contributed by atoms with van der Waals surface area (Å²) in [6, 6.07) is 0. The molecule has 1 radical (unpaired) electrons. The lowest BCUT2D eigenvalue weighted by molar-refractivity contribution is 0.242.